The monoisotopic (exact) mass is 898 g/mol. The largest absolute Gasteiger partial charge is 0.512 e. The van der Waals surface area contributed by atoms with Crippen molar-refractivity contribution in [3.63, 3.8) is 0 Å². The number of rotatable bonds is 10. The van der Waals surface area contributed by atoms with E-state index in [1.807, 2.05) is 41.5 Å². The zero-order valence-corrected chi connectivity index (χ0v) is 36.4. The number of nitrogens with one attached hydrogen (secondary N) is 1. The van der Waals surface area contributed by atoms with Crippen molar-refractivity contribution in [2.24, 2.45) is 21.7 Å². The van der Waals surface area contributed by atoms with E-state index in [1.165, 1.54) is 22.6 Å². The minimum atomic E-state index is -0.337. The first-order chi connectivity index (χ1) is 24.5. The van der Waals surface area contributed by atoms with Crippen molar-refractivity contribution in [2.45, 2.75) is 133 Å². The Morgan fingerprint density at radius 3 is 2.25 bits per heavy atom. The number of carbonyl (C=O) groups excluding carboxylic acids is 1. The Balaban J connectivity index is 0.000000299. The topological polar surface area (TPSA) is 84.1 Å². The molecule has 289 valence electrons. The van der Waals surface area contributed by atoms with Gasteiger partial charge in [0.05, 0.1) is 5.39 Å². The Morgan fingerprint density at radius 1 is 1.00 bits per heavy atom. The summed E-state index contributed by atoms with van der Waals surface area (Å²) in [6.45, 7) is 26.1. The molecule has 1 radical (unpaired) electrons. The van der Waals surface area contributed by atoms with E-state index in [0.29, 0.717) is 18.5 Å². The van der Waals surface area contributed by atoms with Gasteiger partial charge in [0.1, 0.15) is 29.9 Å². The van der Waals surface area contributed by atoms with Gasteiger partial charge in [-0.05, 0) is 49.5 Å². The van der Waals surface area contributed by atoms with Crippen LogP contribution in [0.2, 0.25) is 0 Å². The fourth-order valence-electron chi connectivity index (χ4n) is 7.33. The number of hydrogen-bond acceptors (Lipinski definition) is 6. The smallest absolute Gasteiger partial charge is 0.197 e. The fraction of sp³-hybridized carbons (Fsp3) is 0.522. The first-order valence-electron chi connectivity index (χ1n) is 19.5. The standard InChI is InChI=1S/C31H33N2O2.C15H28O2.Ir/c1-17(2)13-25-18(3)21-11-12-24-26(29(21)34-25)27-28(32-16-33-30(27)35-24)20-14-19-9-7-8-10-22(19)23(15-20)31(4,5)6;1-7-14(5,8-2)12(16)11-13(17)15(6,9-3)10-4;/h7-12,15,17-18,25,33H,13,16H2,1-6H3;11,16H,7-10H2,1-6H3;/q-1;;/b;12-11-;. The molecule has 6 nitrogen and oxygen atoms in total. The molecule has 53 heavy (non-hydrogen) atoms. The molecule has 0 saturated heterocycles. The van der Waals surface area contributed by atoms with E-state index >= 15 is 0 Å². The van der Waals surface area contributed by atoms with E-state index in [2.05, 4.69) is 95.4 Å². The maximum absolute atomic E-state index is 12.2. The van der Waals surface area contributed by atoms with Gasteiger partial charge in [-0.15, -0.1) is 29.1 Å². The van der Waals surface area contributed by atoms with Crippen LogP contribution in [0.5, 0.6) is 5.75 Å². The Morgan fingerprint density at radius 2 is 1.64 bits per heavy atom. The summed E-state index contributed by atoms with van der Waals surface area (Å²) in [6, 6.07) is 18.7. The maximum atomic E-state index is 12.2. The van der Waals surface area contributed by atoms with Crippen LogP contribution in [0.25, 0.3) is 21.7 Å². The molecule has 3 heterocycles. The van der Waals surface area contributed by atoms with Gasteiger partial charge in [-0.1, -0.05) is 118 Å². The SMILES string of the molecule is CC(C)CC1Oc2c(ccc3oc4c(c23)C(c2[c-]c3ccccc3c(C(C)(C)C)c2)=NCN4)C1C.CCC(C)(CC)C(=O)/C=C(\O)C(C)(CC)CC.[Ir]. The number of aliphatic imine (C=N–C) groups is 1. The molecule has 7 heteroatoms. The maximum Gasteiger partial charge on any atom is 0.197 e. The first-order valence-corrected chi connectivity index (χ1v) is 19.5. The zero-order valence-electron chi connectivity index (χ0n) is 34.0. The van der Waals surface area contributed by atoms with Crippen LogP contribution in [0.4, 0.5) is 5.88 Å². The molecule has 6 rings (SSSR count). The minimum Gasteiger partial charge on any atom is -0.512 e. The second-order valence-electron chi connectivity index (χ2n) is 16.9. The third-order valence-corrected chi connectivity index (χ3v) is 12.0. The second kappa shape index (κ2) is 16.5. The molecular weight excluding hydrogens is 837 g/mol. The van der Waals surface area contributed by atoms with Crippen molar-refractivity contribution < 1.29 is 39.2 Å². The molecule has 4 aromatic rings. The number of aliphatic hydroxyl groups excluding tert-OH is 1. The first kappa shape index (κ1) is 42.3. The van der Waals surface area contributed by atoms with E-state index in [-0.39, 0.29) is 54.0 Å². The summed E-state index contributed by atoms with van der Waals surface area (Å²) >= 11 is 0. The van der Waals surface area contributed by atoms with Crippen molar-refractivity contribution in [1.29, 1.82) is 0 Å². The van der Waals surface area contributed by atoms with Crippen LogP contribution < -0.4 is 10.1 Å². The molecule has 0 saturated carbocycles. The average molecular weight is 898 g/mol. The Labute approximate surface area is 331 Å². The van der Waals surface area contributed by atoms with Crippen molar-refractivity contribution in [3.05, 3.63) is 82.6 Å². The molecule has 0 amide bonds. The van der Waals surface area contributed by atoms with Crippen LogP contribution in [-0.2, 0) is 30.3 Å². The van der Waals surface area contributed by atoms with E-state index in [0.717, 1.165) is 76.9 Å². The summed E-state index contributed by atoms with van der Waals surface area (Å²) in [5, 5.41) is 16.9. The third kappa shape index (κ3) is 8.32. The van der Waals surface area contributed by atoms with Crippen molar-refractivity contribution in [3.8, 4) is 5.75 Å². The summed E-state index contributed by atoms with van der Waals surface area (Å²) in [6.07, 6.45) is 5.96. The Kier molecular flexibility index (Phi) is 13.2. The van der Waals surface area contributed by atoms with Gasteiger partial charge in [0, 0.05) is 59.8 Å². The molecule has 2 unspecified atom stereocenters. The second-order valence-corrected chi connectivity index (χ2v) is 16.9. The van der Waals surface area contributed by atoms with Gasteiger partial charge in [-0.2, -0.15) is 0 Å². The summed E-state index contributed by atoms with van der Waals surface area (Å²) in [7, 11) is 0. The van der Waals surface area contributed by atoms with Gasteiger partial charge in [0.2, 0.25) is 0 Å². The molecule has 0 aliphatic carbocycles. The van der Waals surface area contributed by atoms with Crippen LogP contribution in [-0.4, -0.2) is 29.4 Å². The molecule has 2 aliphatic heterocycles. The van der Waals surface area contributed by atoms with Crippen molar-refractivity contribution >= 4 is 39.1 Å². The van der Waals surface area contributed by atoms with Gasteiger partial charge in [-0.25, -0.2) is 0 Å². The number of nitrogens with zero attached hydrogens (tertiary/aromatic N) is 1. The molecule has 0 bridgehead atoms. The van der Waals surface area contributed by atoms with E-state index < -0.39 is 0 Å². The predicted octanol–water partition coefficient (Wildman–Crippen LogP) is 12.5. The summed E-state index contributed by atoms with van der Waals surface area (Å²) in [4.78, 5) is 17.1. The summed E-state index contributed by atoms with van der Waals surface area (Å²) < 4.78 is 13.0. The third-order valence-electron chi connectivity index (χ3n) is 12.0. The van der Waals surface area contributed by atoms with E-state index in [9.17, 15) is 9.90 Å². The molecule has 2 N–H and O–H groups in total. The van der Waals surface area contributed by atoms with Crippen molar-refractivity contribution in [2.75, 3.05) is 12.0 Å². The number of anilines is 1. The number of carbonyl (C=O) groups is 1. The van der Waals surface area contributed by atoms with Gasteiger partial charge in [0.15, 0.2) is 11.7 Å². The number of allylic oxidation sites excluding steroid dienone is 2. The van der Waals surface area contributed by atoms with E-state index in [4.69, 9.17) is 14.1 Å². The van der Waals surface area contributed by atoms with Crippen LogP contribution in [0.15, 0.2) is 63.7 Å². The van der Waals surface area contributed by atoms with Crippen molar-refractivity contribution in [1.82, 2.24) is 0 Å². The zero-order chi connectivity index (χ0) is 38.2. The van der Waals surface area contributed by atoms with Gasteiger partial charge in [0.25, 0.3) is 0 Å². The quantitative estimate of drug-likeness (QED) is 0.0941. The van der Waals surface area contributed by atoms with Crippen LogP contribution in [0.1, 0.15) is 143 Å². The number of hydrogen-bond donors (Lipinski definition) is 2. The number of ketones is 1. The molecule has 0 spiro atoms. The van der Waals surface area contributed by atoms with Crippen LogP contribution in [0.3, 0.4) is 0 Å². The number of furan rings is 1. The van der Waals surface area contributed by atoms with E-state index in [1.54, 1.807) is 0 Å². The Bertz CT molecular complexity index is 1990. The number of benzene rings is 3. The minimum absolute atomic E-state index is 0. The molecule has 2 aliphatic rings. The average Bonchev–Trinajstić information content (AvgIpc) is 3.66. The summed E-state index contributed by atoms with van der Waals surface area (Å²) in [5.41, 5.74) is 5.69. The van der Waals surface area contributed by atoms with Crippen LogP contribution >= 0.6 is 0 Å². The molecule has 0 fully saturated rings. The predicted molar refractivity (Wildman–Crippen MR) is 217 cm³/mol. The van der Waals surface area contributed by atoms with Crippen LogP contribution in [0, 0.1) is 22.8 Å². The van der Waals surface area contributed by atoms with Gasteiger partial charge < -0.3 is 24.6 Å². The molecular formula is C46H61IrN2O4-. The fourth-order valence-corrected chi connectivity index (χ4v) is 7.33. The number of aliphatic hydroxyl groups is 1. The molecule has 2 atom stereocenters. The molecule has 1 aromatic heterocycles. The number of ether oxygens (including phenoxy) is 1. The van der Waals surface area contributed by atoms with Gasteiger partial charge in [-0.3, -0.25) is 4.79 Å². The number of fused-ring (bicyclic) bond motifs is 6. The van der Waals surface area contributed by atoms with Gasteiger partial charge >= 0.3 is 0 Å². The Hall–Kier alpha value is -3.41. The molecule has 3 aromatic carbocycles. The normalized spacial score (nSPS) is 17.3. The summed E-state index contributed by atoms with van der Waals surface area (Å²) in [5.74, 6) is 2.93.